The molecule has 1 fully saturated rings. The molecule has 31 heavy (non-hydrogen) atoms. The van der Waals surface area contributed by atoms with Crippen molar-refractivity contribution in [2.24, 2.45) is 17.8 Å². The van der Waals surface area contributed by atoms with Gasteiger partial charge in [-0.1, -0.05) is 20.8 Å². The molecule has 0 saturated carbocycles. The highest BCUT2D eigenvalue weighted by Crippen LogP contribution is 2.35. The van der Waals surface area contributed by atoms with Crippen LogP contribution in [-0.4, -0.2) is 61.6 Å². The molecule has 0 aromatic heterocycles. The summed E-state index contributed by atoms with van der Waals surface area (Å²) in [7, 11) is 4.17. The molecule has 178 valence electrons. The first-order valence-electron chi connectivity index (χ1n) is 11.4. The molecule has 2 heterocycles. The number of ether oxygens (including phenoxy) is 4. The molecular weight excluding hydrogens is 398 g/mol. The Bertz CT molecular complexity index is 673. The molecule has 7 nitrogen and oxygen atoms in total. The van der Waals surface area contributed by atoms with E-state index in [2.05, 4.69) is 39.8 Å². The first kappa shape index (κ1) is 25.8. The van der Waals surface area contributed by atoms with E-state index in [0.717, 1.165) is 12.7 Å². The predicted molar refractivity (Wildman–Crippen MR) is 118 cm³/mol. The highest BCUT2D eigenvalue weighted by atomic mass is 16.7. The quantitative estimate of drug-likeness (QED) is 0.398. The fourth-order valence-corrected chi connectivity index (χ4v) is 4.52. The second-order valence-electron chi connectivity index (χ2n) is 10.1. The largest absolute Gasteiger partial charge is 0.457 e. The molecule has 1 saturated heterocycles. The third-order valence-corrected chi connectivity index (χ3v) is 6.38. The molecule has 0 aliphatic carbocycles. The summed E-state index contributed by atoms with van der Waals surface area (Å²) in [6, 6.07) is 0.347. The zero-order valence-corrected chi connectivity index (χ0v) is 20.6. The van der Waals surface area contributed by atoms with E-state index in [-0.39, 0.29) is 42.2 Å². The third kappa shape index (κ3) is 6.77. The average Bonchev–Trinajstić information content (AvgIpc) is 2.66. The molecule has 2 aliphatic heterocycles. The van der Waals surface area contributed by atoms with Crippen molar-refractivity contribution in [3.8, 4) is 0 Å². The van der Waals surface area contributed by atoms with Crippen LogP contribution in [0.5, 0.6) is 0 Å². The standard InChI is InChI=1S/C24H41NO6/c1-14(13-26)10-15(2)20(12-21-18(5)22(27)31-24(6,7)30-21)29-23-17(4)19(25(8)9)11-16(3)28-23/h13-17,19-20,23H,10-12H2,1-9H3/t14-,15+,16-,17-,19?,20-,23+/m1/s1. The minimum Gasteiger partial charge on any atom is -0.457 e. The lowest BCUT2D eigenvalue weighted by Gasteiger charge is -2.44. The van der Waals surface area contributed by atoms with E-state index >= 15 is 0 Å². The van der Waals surface area contributed by atoms with Gasteiger partial charge < -0.3 is 28.6 Å². The molecule has 0 bridgehead atoms. The minimum atomic E-state index is -1.02. The summed E-state index contributed by atoms with van der Waals surface area (Å²) in [6.45, 7) is 13.4. The van der Waals surface area contributed by atoms with Crippen LogP contribution in [0.2, 0.25) is 0 Å². The van der Waals surface area contributed by atoms with Gasteiger partial charge in [0, 0.05) is 38.1 Å². The van der Waals surface area contributed by atoms with E-state index in [1.54, 1.807) is 20.8 Å². The monoisotopic (exact) mass is 439 g/mol. The summed E-state index contributed by atoms with van der Waals surface area (Å²) in [5, 5.41) is 0. The molecule has 2 rings (SSSR count). The molecule has 0 spiro atoms. The molecule has 0 radical (unpaired) electrons. The van der Waals surface area contributed by atoms with Crippen LogP contribution in [-0.2, 0) is 28.5 Å². The van der Waals surface area contributed by atoms with Gasteiger partial charge in [-0.15, -0.1) is 0 Å². The molecule has 0 amide bonds. The molecule has 0 N–H and O–H groups in total. The Kier molecular flexibility index (Phi) is 8.70. The van der Waals surface area contributed by atoms with Gasteiger partial charge in [-0.2, -0.15) is 0 Å². The molecule has 7 atom stereocenters. The molecule has 0 aromatic carbocycles. The Morgan fingerprint density at radius 1 is 1.23 bits per heavy atom. The molecule has 2 aliphatic rings. The van der Waals surface area contributed by atoms with Crippen molar-refractivity contribution in [2.75, 3.05) is 14.1 Å². The summed E-state index contributed by atoms with van der Waals surface area (Å²) < 4.78 is 24.1. The number of hydrogen-bond donors (Lipinski definition) is 0. The van der Waals surface area contributed by atoms with Crippen molar-refractivity contribution < 1.29 is 28.5 Å². The maximum Gasteiger partial charge on any atom is 0.340 e. The van der Waals surface area contributed by atoms with E-state index in [0.29, 0.717) is 30.2 Å². The molecule has 1 unspecified atom stereocenters. The number of hydrogen-bond acceptors (Lipinski definition) is 7. The molecule has 7 heteroatoms. The van der Waals surface area contributed by atoms with Crippen molar-refractivity contribution in [2.45, 2.75) is 98.1 Å². The Hall–Kier alpha value is -1.44. The Morgan fingerprint density at radius 3 is 2.45 bits per heavy atom. The zero-order chi connectivity index (χ0) is 23.5. The fourth-order valence-electron chi connectivity index (χ4n) is 4.52. The zero-order valence-electron chi connectivity index (χ0n) is 20.6. The summed E-state index contributed by atoms with van der Waals surface area (Å²) in [6.07, 6.45) is 2.46. The highest BCUT2D eigenvalue weighted by molar-refractivity contribution is 5.89. The smallest absolute Gasteiger partial charge is 0.340 e. The van der Waals surface area contributed by atoms with Crippen LogP contribution in [0, 0.1) is 17.8 Å². The maximum absolute atomic E-state index is 12.3. The number of nitrogens with zero attached hydrogens (tertiary/aromatic N) is 1. The lowest BCUT2D eigenvalue weighted by atomic mass is 9.89. The van der Waals surface area contributed by atoms with Gasteiger partial charge in [0.1, 0.15) is 12.0 Å². The minimum absolute atomic E-state index is 0.0657. The third-order valence-electron chi connectivity index (χ3n) is 6.38. The normalized spacial score (nSPS) is 31.6. The van der Waals surface area contributed by atoms with Crippen LogP contribution >= 0.6 is 0 Å². The molecular formula is C24H41NO6. The summed E-state index contributed by atoms with van der Waals surface area (Å²) in [5.41, 5.74) is 0.459. The van der Waals surface area contributed by atoms with E-state index in [4.69, 9.17) is 18.9 Å². The number of aldehydes is 1. The second-order valence-corrected chi connectivity index (χ2v) is 10.1. The average molecular weight is 440 g/mol. The van der Waals surface area contributed by atoms with Gasteiger partial charge in [0.05, 0.1) is 17.8 Å². The van der Waals surface area contributed by atoms with Crippen molar-refractivity contribution in [3.63, 3.8) is 0 Å². The van der Waals surface area contributed by atoms with Crippen molar-refractivity contribution >= 4 is 12.3 Å². The van der Waals surface area contributed by atoms with Gasteiger partial charge in [-0.3, -0.25) is 0 Å². The highest BCUT2D eigenvalue weighted by Gasteiger charge is 2.40. The van der Waals surface area contributed by atoms with Crippen LogP contribution < -0.4 is 0 Å². The van der Waals surface area contributed by atoms with Gasteiger partial charge >= 0.3 is 5.97 Å². The Balaban J connectivity index is 2.27. The van der Waals surface area contributed by atoms with E-state index in [1.165, 1.54) is 0 Å². The van der Waals surface area contributed by atoms with Gasteiger partial charge in [-0.25, -0.2) is 4.79 Å². The number of esters is 1. The van der Waals surface area contributed by atoms with E-state index < -0.39 is 5.79 Å². The van der Waals surface area contributed by atoms with Crippen molar-refractivity contribution in [1.82, 2.24) is 4.90 Å². The summed E-state index contributed by atoms with van der Waals surface area (Å²) in [5.74, 6) is -0.651. The Morgan fingerprint density at radius 2 is 1.87 bits per heavy atom. The number of carbonyl (C=O) groups excluding carboxylic acids is 2. The fraction of sp³-hybridized carbons (Fsp3) is 0.833. The van der Waals surface area contributed by atoms with E-state index in [9.17, 15) is 9.59 Å². The van der Waals surface area contributed by atoms with Crippen LogP contribution in [0.1, 0.15) is 67.7 Å². The maximum atomic E-state index is 12.3. The first-order chi connectivity index (χ1) is 14.3. The van der Waals surface area contributed by atoms with Crippen molar-refractivity contribution in [1.29, 1.82) is 0 Å². The van der Waals surface area contributed by atoms with E-state index in [1.807, 2.05) is 6.92 Å². The lowest BCUT2D eigenvalue weighted by Crippen LogP contribution is -2.50. The first-order valence-corrected chi connectivity index (χ1v) is 11.4. The van der Waals surface area contributed by atoms with Gasteiger partial charge in [0.2, 0.25) is 5.79 Å². The van der Waals surface area contributed by atoms with Crippen LogP contribution in [0.4, 0.5) is 0 Å². The Labute approximate surface area is 187 Å². The number of carbonyl (C=O) groups is 2. The SMILES string of the molecule is CC1=C(C[C@@H](O[C@@H]2O[C@H](C)CC(N(C)C)[C@H]2C)[C@@H](C)C[C@@H](C)C=O)OC(C)(C)OC1=O. The van der Waals surface area contributed by atoms with Crippen molar-refractivity contribution in [3.05, 3.63) is 11.3 Å². The number of cyclic esters (lactones) is 1. The van der Waals surface area contributed by atoms with Crippen LogP contribution in [0.15, 0.2) is 11.3 Å². The summed E-state index contributed by atoms with van der Waals surface area (Å²) in [4.78, 5) is 25.8. The number of rotatable bonds is 9. The lowest BCUT2D eigenvalue weighted by molar-refractivity contribution is -0.256. The van der Waals surface area contributed by atoms with Gasteiger partial charge in [0.15, 0.2) is 6.29 Å². The predicted octanol–water partition coefficient (Wildman–Crippen LogP) is 3.91. The van der Waals surface area contributed by atoms with Crippen LogP contribution in [0.25, 0.3) is 0 Å². The van der Waals surface area contributed by atoms with Gasteiger partial charge in [0.25, 0.3) is 0 Å². The molecule has 0 aromatic rings. The van der Waals surface area contributed by atoms with Gasteiger partial charge in [-0.05, 0) is 46.7 Å². The summed E-state index contributed by atoms with van der Waals surface area (Å²) >= 11 is 0. The second kappa shape index (κ2) is 10.5. The topological polar surface area (TPSA) is 74.3 Å². The van der Waals surface area contributed by atoms with Crippen LogP contribution in [0.3, 0.4) is 0 Å².